The van der Waals surface area contributed by atoms with Crippen molar-refractivity contribution in [3.05, 3.63) is 28.8 Å². The molecule has 108 valence electrons. The first-order valence-corrected chi connectivity index (χ1v) is 6.69. The minimum absolute atomic E-state index is 0.343. The molecule has 0 aliphatic carbocycles. The Morgan fingerprint density at radius 2 is 2.15 bits per heavy atom. The summed E-state index contributed by atoms with van der Waals surface area (Å²) in [5.74, 6) is 2.42. The van der Waals surface area contributed by atoms with Crippen LogP contribution >= 0.6 is 11.6 Å². The zero-order valence-electron chi connectivity index (χ0n) is 11.4. The van der Waals surface area contributed by atoms with E-state index in [0.29, 0.717) is 54.7 Å². The maximum absolute atomic E-state index is 5.94. The van der Waals surface area contributed by atoms with E-state index in [0.717, 1.165) is 0 Å². The molecule has 0 unspecified atom stereocenters. The Balaban J connectivity index is 1.89. The van der Waals surface area contributed by atoms with E-state index in [4.69, 9.17) is 20.9 Å². The lowest BCUT2D eigenvalue weighted by atomic mass is 10.4. The molecule has 0 aliphatic rings. The highest BCUT2D eigenvalue weighted by molar-refractivity contribution is 6.29. The molecule has 8 heteroatoms. The van der Waals surface area contributed by atoms with E-state index >= 15 is 0 Å². The molecule has 0 spiro atoms. The van der Waals surface area contributed by atoms with Gasteiger partial charge in [-0.2, -0.15) is 4.98 Å². The predicted molar refractivity (Wildman–Crippen MR) is 73.6 cm³/mol. The second kappa shape index (κ2) is 7.16. The summed E-state index contributed by atoms with van der Waals surface area (Å²) in [6.07, 6.45) is 0.639. The fourth-order valence-electron chi connectivity index (χ4n) is 1.56. The molecule has 0 aliphatic heterocycles. The van der Waals surface area contributed by atoms with Crippen molar-refractivity contribution in [1.29, 1.82) is 0 Å². The first-order chi connectivity index (χ1) is 9.67. The van der Waals surface area contributed by atoms with Gasteiger partial charge >= 0.3 is 0 Å². The Morgan fingerprint density at radius 1 is 1.30 bits per heavy atom. The zero-order chi connectivity index (χ0) is 14.4. The van der Waals surface area contributed by atoms with Gasteiger partial charge in [-0.05, 0) is 6.92 Å². The maximum atomic E-state index is 5.94. The lowest BCUT2D eigenvalue weighted by Crippen LogP contribution is -2.09. The quantitative estimate of drug-likeness (QED) is 0.782. The lowest BCUT2D eigenvalue weighted by molar-refractivity contribution is 0.128. The van der Waals surface area contributed by atoms with Gasteiger partial charge in [0.1, 0.15) is 17.6 Å². The summed E-state index contributed by atoms with van der Waals surface area (Å²) in [5.41, 5.74) is 0. The van der Waals surface area contributed by atoms with Crippen LogP contribution in [-0.4, -0.2) is 33.3 Å². The van der Waals surface area contributed by atoms with Gasteiger partial charge in [-0.15, -0.1) is 0 Å². The minimum Gasteiger partial charge on any atom is -0.374 e. The van der Waals surface area contributed by atoms with Crippen LogP contribution in [0.3, 0.4) is 0 Å². The molecule has 2 aromatic heterocycles. The van der Waals surface area contributed by atoms with E-state index < -0.39 is 0 Å². The molecule has 7 nitrogen and oxygen atoms in total. The molecule has 2 rings (SSSR count). The number of anilines is 1. The molecule has 0 amide bonds. The van der Waals surface area contributed by atoms with Crippen LogP contribution in [-0.2, 0) is 17.8 Å². The molecule has 0 fully saturated rings. The number of aryl methyl sites for hydroxylation is 1. The van der Waals surface area contributed by atoms with Crippen LogP contribution in [0.15, 0.2) is 10.6 Å². The van der Waals surface area contributed by atoms with Crippen LogP contribution < -0.4 is 5.32 Å². The number of hydrogen-bond donors (Lipinski definition) is 1. The molecule has 1 N–H and O–H groups in total. The molecule has 2 aromatic rings. The van der Waals surface area contributed by atoms with Gasteiger partial charge in [-0.1, -0.05) is 16.8 Å². The first-order valence-electron chi connectivity index (χ1n) is 6.31. The van der Waals surface area contributed by atoms with Crippen LogP contribution in [0.2, 0.25) is 5.15 Å². The molecule has 0 aromatic carbocycles. The smallest absolute Gasteiger partial charge is 0.223 e. The summed E-state index contributed by atoms with van der Waals surface area (Å²) in [4.78, 5) is 12.5. The average molecular weight is 298 g/mol. The summed E-state index contributed by atoms with van der Waals surface area (Å²) < 4.78 is 10.2. The molecular weight excluding hydrogens is 282 g/mol. The van der Waals surface area contributed by atoms with Gasteiger partial charge in [0, 0.05) is 32.6 Å². The molecule has 2 heterocycles. The van der Waals surface area contributed by atoms with E-state index in [1.54, 1.807) is 13.0 Å². The van der Waals surface area contributed by atoms with Crippen LogP contribution in [0, 0.1) is 6.92 Å². The number of rotatable bonds is 7. The predicted octanol–water partition coefficient (Wildman–Crippen LogP) is 2.01. The van der Waals surface area contributed by atoms with Crippen molar-refractivity contribution in [2.75, 3.05) is 18.5 Å². The number of nitrogens with one attached hydrogen (secondary N) is 1. The van der Waals surface area contributed by atoms with E-state index in [1.165, 1.54) is 0 Å². The number of ether oxygens (including phenoxy) is 1. The van der Waals surface area contributed by atoms with E-state index in [2.05, 4.69) is 25.4 Å². The summed E-state index contributed by atoms with van der Waals surface area (Å²) in [6, 6.07) is 1.67. The average Bonchev–Trinajstić information content (AvgIpc) is 2.81. The number of aromatic nitrogens is 4. The van der Waals surface area contributed by atoms with E-state index in [-0.39, 0.29) is 0 Å². The lowest BCUT2D eigenvalue weighted by Gasteiger charge is -2.07. The third kappa shape index (κ3) is 4.43. The standard InChI is InChI=1S/C12H16ClN5O2/c1-3-19-7-12-16-9(13)6-11(17-12)14-5-4-10-15-8(2)20-18-10/h6H,3-5,7H2,1-2H3,(H,14,16,17). The zero-order valence-corrected chi connectivity index (χ0v) is 12.1. The first kappa shape index (κ1) is 14.7. The van der Waals surface area contributed by atoms with Crippen molar-refractivity contribution in [3.63, 3.8) is 0 Å². The van der Waals surface area contributed by atoms with Gasteiger partial charge < -0.3 is 14.6 Å². The number of nitrogens with zero attached hydrogens (tertiary/aromatic N) is 4. The van der Waals surface area contributed by atoms with Gasteiger partial charge in [-0.25, -0.2) is 9.97 Å². The summed E-state index contributed by atoms with van der Waals surface area (Å²) in [6.45, 7) is 5.25. The SMILES string of the molecule is CCOCc1nc(Cl)cc(NCCc2noc(C)n2)n1. The normalized spacial score (nSPS) is 10.8. The fraction of sp³-hybridized carbons (Fsp3) is 0.500. The Labute approximate surface area is 121 Å². The molecule has 0 radical (unpaired) electrons. The van der Waals surface area contributed by atoms with Gasteiger partial charge in [0.05, 0.1) is 0 Å². The highest BCUT2D eigenvalue weighted by Crippen LogP contribution is 2.12. The number of halogens is 1. The van der Waals surface area contributed by atoms with Gasteiger partial charge in [0.25, 0.3) is 0 Å². The second-order valence-corrected chi connectivity index (χ2v) is 4.42. The molecule has 20 heavy (non-hydrogen) atoms. The Morgan fingerprint density at radius 3 is 2.85 bits per heavy atom. The minimum atomic E-state index is 0.343. The van der Waals surface area contributed by atoms with Crippen LogP contribution in [0.4, 0.5) is 5.82 Å². The molecular formula is C12H16ClN5O2. The van der Waals surface area contributed by atoms with Crippen molar-refractivity contribution in [2.24, 2.45) is 0 Å². The van der Waals surface area contributed by atoms with Crippen molar-refractivity contribution in [3.8, 4) is 0 Å². The topological polar surface area (TPSA) is 86.0 Å². The Hall–Kier alpha value is -1.73. The molecule has 0 atom stereocenters. The largest absolute Gasteiger partial charge is 0.374 e. The third-order valence-electron chi connectivity index (χ3n) is 2.40. The molecule has 0 saturated heterocycles. The molecule has 0 bridgehead atoms. The summed E-state index contributed by atoms with van der Waals surface area (Å²) in [7, 11) is 0. The Kier molecular flexibility index (Phi) is 5.25. The highest BCUT2D eigenvalue weighted by atomic mass is 35.5. The molecule has 0 saturated carbocycles. The maximum Gasteiger partial charge on any atom is 0.223 e. The van der Waals surface area contributed by atoms with Crippen molar-refractivity contribution >= 4 is 17.4 Å². The van der Waals surface area contributed by atoms with E-state index in [1.807, 2.05) is 6.92 Å². The van der Waals surface area contributed by atoms with E-state index in [9.17, 15) is 0 Å². The van der Waals surface area contributed by atoms with Crippen molar-refractivity contribution in [2.45, 2.75) is 26.9 Å². The van der Waals surface area contributed by atoms with Crippen LogP contribution in [0.25, 0.3) is 0 Å². The van der Waals surface area contributed by atoms with Gasteiger partial charge in [-0.3, -0.25) is 0 Å². The van der Waals surface area contributed by atoms with Gasteiger partial charge in [0.15, 0.2) is 11.6 Å². The monoisotopic (exact) mass is 297 g/mol. The highest BCUT2D eigenvalue weighted by Gasteiger charge is 2.05. The van der Waals surface area contributed by atoms with Crippen molar-refractivity contribution < 1.29 is 9.26 Å². The number of hydrogen-bond acceptors (Lipinski definition) is 7. The van der Waals surface area contributed by atoms with Crippen LogP contribution in [0.5, 0.6) is 0 Å². The fourth-order valence-corrected chi connectivity index (χ4v) is 1.76. The Bertz CT molecular complexity index is 561. The summed E-state index contributed by atoms with van der Waals surface area (Å²) in [5, 5.41) is 7.35. The van der Waals surface area contributed by atoms with Gasteiger partial charge in [0.2, 0.25) is 5.89 Å². The summed E-state index contributed by atoms with van der Waals surface area (Å²) >= 11 is 5.94. The second-order valence-electron chi connectivity index (χ2n) is 4.04. The van der Waals surface area contributed by atoms with Crippen LogP contribution in [0.1, 0.15) is 24.5 Å². The third-order valence-corrected chi connectivity index (χ3v) is 2.59. The van der Waals surface area contributed by atoms with Crippen molar-refractivity contribution in [1.82, 2.24) is 20.1 Å².